The first-order valence-electron chi connectivity index (χ1n) is 16.4. The van der Waals surface area contributed by atoms with Crippen molar-refractivity contribution in [3.63, 3.8) is 0 Å². The summed E-state index contributed by atoms with van der Waals surface area (Å²) in [5, 5.41) is 17.2. The molecule has 0 spiro atoms. The van der Waals surface area contributed by atoms with Gasteiger partial charge in [0.25, 0.3) is 0 Å². The van der Waals surface area contributed by atoms with Gasteiger partial charge in [-0.1, -0.05) is 133 Å². The van der Waals surface area contributed by atoms with Crippen LogP contribution in [-0.4, -0.2) is 0 Å². The zero-order chi connectivity index (χ0) is 31.2. The second-order valence-electron chi connectivity index (χ2n) is 12.9. The molecule has 0 fully saturated rings. The Bertz CT molecular complexity index is 2840. The second-order valence-corrected chi connectivity index (χ2v) is 12.9. The summed E-state index contributed by atoms with van der Waals surface area (Å²) in [5.41, 5.74) is 5.14. The Hall–Kier alpha value is -5.92. The Balaban J connectivity index is 1.25. The first-order valence-corrected chi connectivity index (χ1v) is 16.4. The smallest absolute Gasteiger partial charge is 0.143 e. The van der Waals surface area contributed by atoms with E-state index in [9.17, 15) is 0 Å². The van der Waals surface area contributed by atoms with Gasteiger partial charge in [0.1, 0.15) is 11.5 Å². The molecule has 0 amide bonds. The zero-order valence-corrected chi connectivity index (χ0v) is 26.3. The Labute approximate surface area is 272 Å². The van der Waals surface area contributed by atoms with Crippen LogP contribution in [0.1, 0.15) is 11.1 Å². The number of benzene rings is 10. The van der Waals surface area contributed by atoms with Crippen molar-refractivity contribution in [2.45, 2.75) is 13.8 Å². The van der Waals surface area contributed by atoms with Crippen LogP contribution in [-0.2, 0) is 0 Å². The normalized spacial score (nSPS) is 12.0. The van der Waals surface area contributed by atoms with Crippen LogP contribution in [0.25, 0.3) is 86.5 Å². The molecule has 0 unspecified atom stereocenters. The van der Waals surface area contributed by atoms with Crippen molar-refractivity contribution in [3.8, 4) is 22.6 Å². The summed E-state index contributed by atoms with van der Waals surface area (Å²) in [6, 6.07) is 53.0. The van der Waals surface area contributed by atoms with Crippen LogP contribution in [0.5, 0.6) is 11.5 Å². The summed E-state index contributed by atoms with van der Waals surface area (Å²) >= 11 is 0. The molecule has 0 heterocycles. The van der Waals surface area contributed by atoms with Crippen LogP contribution in [0, 0.1) is 13.8 Å². The van der Waals surface area contributed by atoms with E-state index in [1.54, 1.807) is 0 Å². The molecule has 220 valence electrons. The fourth-order valence-electron chi connectivity index (χ4n) is 8.13. The molecule has 0 aliphatic rings. The summed E-state index contributed by atoms with van der Waals surface area (Å²) in [7, 11) is 0. The van der Waals surface area contributed by atoms with E-state index >= 15 is 0 Å². The topological polar surface area (TPSA) is 9.23 Å². The van der Waals surface area contributed by atoms with E-state index in [0.717, 1.165) is 27.7 Å². The van der Waals surface area contributed by atoms with Crippen LogP contribution < -0.4 is 4.74 Å². The average Bonchev–Trinajstić information content (AvgIpc) is 3.13. The second kappa shape index (κ2) is 9.79. The lowest BCUT2D eigenvalue weighted by molar-refractivity contribution is 0.500. The van der Waals surface area contributed by atoms with E-state index in [-0.39, 0.29) is 0 Å². The molecule has 0 aromatic heterocycles. The van der Waals surface area contributed by atoms with Crippen LogP contribution in [0.15, 0.2) is 146 Å². The molecule has 1 nitrogen and oxygen atoms in total. The highest BCUT2D eigenvalue weighted by molar-refractivity contribution is 6.25. The SMILES string of the molecule is Cc1c(C)c2cc(-c3c4ccccc4c(Oc4cc5cccc6ccc7cccc4c7c65)c4ccccc34)ccc2c2ccccc12. The Morgan fingerprint density at radius 1 is 0.362 bits per heavy atom. The molecular weight excluding hydrogens is 569 g/mol. The summed E-state index contributed by atoms with van der Waals surface area (Å²) < 4.78 is 7.17. The molecule has 0 aliphatic carbocycles. The minimum absolute atomic E-state index is 0.883. The number of rotatable bonds is 3. The summed E-state index contributed by atoms with van der Waals surface area (Å²) in [6.07, 6.45) is 0. The van der Waals surface area contributed by atoms with Crippen molar-refractivity contribution in [2.75, 3.05) is 0 Å². The zero-order valence-electron chi connectivity index (χ0n) is 26.3. The van der Waals surface area contributed by atoms with Gasteiger partial charge >= 0.3 is 0 Å². The van der Waals surface area contributed by atoms with Gasteiger partial charge in [-0.15, -0.1) is 0 Å². The molecule has 0 bridgehead atoms. The van der Waals surface area contributed by atoms with Crippen molar-refractivity contribution in [1.29, 1.82) is 0 Å². The first kappa shape index (κ1) is 26.3. The van der Waals surface area contributed by atoms with Crippen molar-refractivity contribution in [1.82, 2.24) is 0 Å². The van der Waals surface area contributed by atoms with E-state index in [2.05, 4.69) is 159 Å². The quantitative estimate of drug-likeness (QED) is 0.145. The molecule has 0 radical (unpaired) electrons. The van der Waals surface area contributed by atoms with Gasteiger partial charge in [0.2, 0.25) is 0 Å². The molecule has 0 atom stereocenters. The van der Waals surface area contributed by atoms with E-state index in [4.69, 9.17) is 4.74 Å². The van der Waals surface area contributed by atoms with E-state index in [0.29, 0.717) is 0 Å². The molecule has 0 saturated carbocycles. The lowest BCUT2D eigenvalue weighted by Gasteiger charge is -2.20. The lowest BCUT2D eigenvalue weighted by atomic mass is 9.87. The Morgan fingerprint density at radius 3 is 1.62 bits per heavy atom. The van der Waals surface area contributed by atoms with Gasteiger partial charge in [0, 0.05) is 21.5 Å². The Kier molecular flexibility index (Phi) is 5.48. The molecule has 0 saturated heterocycles. The molecule has 10 aromatic carbocycles. The van der Waals surface area contributed by atoms with Gasteiger partial charge in [-0.05, 0) is 102 Å². The third kappa shape index (κ3) is 3.71. The van der Waals surface area contributed by atoms with Crippen molar-refractivity contribution in [2.24, 2.45) is 0 Å². The largest absolute Gasteiger partial charge is 0.455 e. The van der Waals surface area contributed by atoms with Gasteiger partial charge in [-0.3, -0.25) is 0 Å². The molecule has 47 heavy (non-hydrogen) atoms. The Morgan fingerprint density at radius 2 is 0.894 bits per heavy atom. The molecule has 10 rings (SSSR count). The van der Waals surface area contributed by atoms with Crippen molar-refractivity contribution in [3.05, 3.63) is 157 Å². The maximum atomic E-state index is 7.17. The number of aryl methyl sites for hydroxylation is 2. The highest BCUT2D eigenvalue weighted by atomic mass is 16.5. The summed E-state index contributed by atoms with van der Waals surface area (Å²) in [6.45, 7) is 4.51. The molecule has 0 N–H and O–H groups in total. The molecular formula is C46H30O. The summed E-state index contributed by atoms with van der Waals surface area (Å²) in [5.74, 6) is 1.78. The van der Waals surface area contributed by atoms with E-state index < -0.39 is 0 Å². The standard InChI is InChI=1S/C46H30O/c1-27-28(2)41-25-32(23-24-35(41)34-15-4-3-14-33(27)34)44-36-16-5-7-18-38(36)46(39-19-8-6-17-37(39)44)47-42-26-31-13-9-11-29-21-22-30-12-10-20-40(42)45(30)43(29)31/h3-26H,1-2H3. The highest BCUT2D eigenvalue weighted by Gasteiger charge is 2.20. The fraction of sp³-hybridized carbons (Fsp3) is 0.0435. The molecule has 1 heteroatoms. The first-order chi connectivity index (χ1) is 23.2. The monoisotopic (exact) mass is 598 g/mol. The number of hydrogen-bond donors (Lipinski definition) is 0. The van der Waals surface area contributed by atoms with Crippen LogP contribution >= 0.6 is 0 Å². The summed E-state index contributed by atoms with van der Waals surface area (Å²) in [4.78, 5) is 0. The highest BCUT2D eigenvalue weighted by Crippen LogP contribution is 2.48. The van der Waals surface area contributed by atoms with E-state index in [1.807, 2.05) is 0 Å². The van der Waals surface area contributed by atoms with Crippen molar-refractivity contribution < 1.29 is 4.74 Å². The maximum Gasteiger partial charge on any atom is 0.143 e. The van der Waals surface area contributed by atoms with Gasteiger partial charge in [0.05, 0.1) is 0 Å². The van der Waals surface area contributed by atoms with Crippen LogP contribution in [0.2, 0.25) is 0 Å². The van der Waals surface area contributed by atoms with Gasteiger partial charge in [-0.2, -0.15) is 0 Å². The van der Waals surface area contributed by atoms with Gasteiger partial charge in [-0.25, -0.2) is 0 Å². The molecule has 0 aliphatic heterocycles. The fourth-order valence-corrected chi connectivity index (χ4v) is 8.13. The van der Waals surface area contributed by atoms with Crippen molar-refractivity contribution >= 4 is 75.4 Å². The lowest BCUT2D eigenvalue weighted by Crippen LogP contribution is -1.94. The van der Waals surface area contributed by atoms with E-state index in [1.165, 1.54) is 81.5 Å². The average molecular weight is 599 g/mol. The van der Waals surface area contributed by atoms with Gasteiger partial charge < -0.3 is 4.74 Å². The predicted molar refractivity (Wildman–Crippen MR) is 202 cm³/mol. The van der Waals surface area contributed by atoms with Crippen LogP contribution in [0.3, 0.4) is 0 Å². The maximum absolute atomic E-state index is 7.17. The van der Waals surface area contributed by atoms with Crippen LogP contribution in [0.4, 0.5) is 0 Å². The third-order valence-corrected chi connectivity index (χ3v) is 10.5. The predicted octanol–water partition coefficient (Wildman–Crippen LogP) is 13.3. The van der Waals surface area contributed by atoms with Gasteiger partial charge in [0.15, 0.2) is 0 Å². The number of fused-ring (bicyclic) bond motifs is 5. The molecule has 10 aromatic rings. The minimum Gasteiger partial charge on any atom is -0.455 e. The number of hydrogen-bond acceptors (Lipinski definition) is 1. The number of ether oxygens (including phenoxy) is 1. The third-order valence-electron chi connectivity index (χ3n) is 10.5. The minimum atomic E-state index is 0.883.